The Morgan fingerprint density at radius 2 is 1.93 bits per heavy atom. The van der Waals surface area contributed by atoms with Crippen LogP contribution in [0.1, 0.15) is 36.0 Å². The number of hydrogen-bond donors (Lipinski definition) is 1. The molecule has 0 atom stereocenters. The monoisotopic (exact) mass is 373 g/mol. The molecular formula is C20H27N3O4. The zero-order valence-electron chi connectivity index (χ0n) is 16.4. The summed E-state index contributed by atoms with van der Waals surface area (Å²) >= 11 is 0. The maximum absolute atomic E-state index is 12.5. The quantitative estimate of drug-likeness (QED) is 0.803. The van der Waals surface area contributed by atoms with Crippen molar-refractivity contribution in [1.29, 1.82) is 0 Å². The van der Waals surface area contributed by atoms with Crippen molar-refractivity contribution >= 4 is 0 Å². The molecule has 0 aliphatic carbocycles. The molecular weight excluding hydrogens is 346 g/mol. The highest BCUT2D eigenvalue weighted by Gasteiger charge is 2.23. The first-order valence-electron chi connectivity index (χ1n) is 9.22. The van der Waals surface area contributed by atoms with E-state index in [1.54, 1.807) is 21.3 Å². The van der Waals surface area contributed by atoms with Gasteiger partial charge in [-0.25, -0.2) is 4.98 Å². The molecule has 2 heterocycles. The highest BCUT2D eigenvalue weighted by molar-refractivity contribution is 5.55. The first-order chi connectivity index (χ1) is 13.1. The predicted octanol–water partition coefficient (Wildman–Crippen LogP) is 2.31. The van der Waals surface area contributed by atoms with Gasteiger partial charge in [-0.15, -0.1) is 0 Å². The van der Waals surface area contributed by atoms with Gasteiger partial charge in [0.25, 0.3) is 5.56 Å². The number of methoxy groups -OCH3 is 3. The van der Waals surface area contributed by atoms with E-state index in [-0.39, 0.29) is 5.56 Å². The number of nitrogens with one attached hydrogen (secondary N) is 1. The number of H-pyrrole nitrogens is 1. The summed E-state index contributed by atoms with van der Waals surface area (Å²) in [7, 11) is 4.82. The predicted molar refractivity (Wildman–Crippen MR) is 103 cm³/mol. The molecule has 1 aromatic heterocycles. The van der Waals surface area contributed by atoms with Crippen LogP contribution in [0.5, 0.6) is 17.2 Å². The lowest BCUT2D eigenvalue weighted by Crippen LogP contribution is -2.35. The summed E-state index contributed by atoms with van der Waals surface area (Å²) in [6.07, 6.45) is 2.54. The Morgan fingerprint density at radius 1 is 1.15 bits per heavy atom. The second-order valence-electron chi connectivity index (χ2n) is 6.64. The molecule has 7 nitrogen and oxygen atoms in total. The van der Waals surface area contributed by atoms with E-state index in [1.807, 2.05) is 12.1 Å². The number of nitrogens with zero attached hydrogens (tertiary/aromatic N) is 2. The molecule has 1 aliphatic rings. The van der Waals surface area contributed by atoms with Gasteiger partial charge in [0.05, 0.1) is 32.6 Å². The topological polar surface area (TPSA) is 76.7 Å². The van der Waals surface area contributed by atoms with Gasteiger partial charge in [0.2, 0.25) is 5.75 Å². The summed E-state index contributed by atoms with van der Waals surface area (Å²) in [5, 5.41) is 0. The second kappa shape index (κ2) is 8.43. The standard InChI is InChI=1S/C20H27N3O4/c1-5-6-17-21-15-9-10-23(12-14(15)20(24)22-17)11-13-7-8-16(25-2)19(27-4)18(13)26-3/h7-8H,5-6,9-12H2,1-4H3,(H,21,22,24). The minimum atomic E-state index is -0.0209. The fourth-order valence-electron chi connectivity index (χ4n) is 3.55. The number of benzene rings is 1. The van der Waals surface area contributed by atoms with Crippen molar-refractivity contribution in [3.63, 3.8) is 0 Å². The van der Waals surface area contributed by atoms with E-state index in [9.17, 15) is 4.79 Å². The average molecular weight is 373 g/mol. The van der Waals surface area contributed by atoms with Gasteiger partial charge in [0.1, 0.15) is 5.82 Å². The lowest BCUT2D eigenvalue weighted by Gasteiger charge is -2.28. The molecule has 7 heteroatoms. The fourth-order valence-corrected chi connectivity index (χ4v) is 3.55. The largest absolute Gasteiger partial charge is 0.493 e. The van der Waals surface area contributed by atoms with Crippen LogP contribution in [0.2, 0.25) is 0 Å². The number of aromatic nitrogens is 2. The van der Waals surface area contributed by atoms with Crippen LogP contribution in [0.3, 0.4) is 0 Å². The zero-order chi connectivity index (χ0) is 19.4. The van der Waals surface area contributed by atoms with E-state index in [2.05, 4.69) is 21.8 Å². The molecule has 27 heavy (non-hydrogen) atoms. The van der Waals surface area contributed by atoms with Gasteiger partial charge in [-0.05, 0) is 12.5 Å². The molecule has 0 fully saturated rings. The molecule has 0 saturated carbocycles. The van der Waals surface area contributed by atoms with Crippen LogP contribution in [-0.4, -0.2) is 42.7 Å². The second-order valence-corrected chi connectivity index (χ2v) is 6.64. The highest BCUT2D eigenvalue weighted by Crippen LogP contribution is 2.40. The fraction of sp³-hybridized carbons (Fsp3) is 0.500. The Kier molecular flexibility index (Phi) is 6.01. The van der Waals surface area contributed by atoms with Crippen LogP contribution in [0, 0.1) is 0 Å². The van der Waals surface area contributed by atoms with Gasteiger partial charge < -0.3 is 19.2 Å². The number of rotatable bonds is 7. The molecule has 0 bridgehead atoms. The Morgan fingerprint density at radius 3 is 2.59 bits per heavy atom. The number of ether oxygens (including phenoxy) is 3. The summed E-state index contributed by atoms with van der Waals surface area (Å²) in [5.41, 5.74) is 2.66. The Hall–Kier alpha value is -2.54. The SMILES string of the molecule is CCCc1nc2c(c(=O)[nH]1)CN(Cc1ccc(OC)c(OC)c1OC)CC2. The maximum Gasteiger partial charge on any atom is 0.255 e. The third-order valence-corrected chi connectivity index (χ3v) is 4.86. The zero-order valence-corrected chi connectivity index (χ0v) is 16.4. The van der Waals surface area contributed by atoms with Crippen molar-refractivity contribution in [1.82, 2.24) is 14.9 Å². The minimum absolute atomic E-state index is 0.0209. The summed E-state index contributed by atoms with van der Waals surface area (Å²) in [6.45, 7) is 4.14. The molecule has 1 N–H and O–H groups in total. The van der Waals surface area contributed by atoms with E-state index in [4.69, 9.17) is 14.2 Å². The van der Waals surface area contributed by atoms with Crippen LogP contribution >= 0.6 is 0 Å². The number of aryl methyl sites for hydroxylation is 1. The lowest BCUT2D eigenvalue weighted by atomic mass is 10.0. The molecule has 0 spiro atoms. The summed E-state index contributed by atoms with van der Waals surface area (Å²) in [5.74, 6) is 2.66. The Labute approximate surface area is 159 Å². The first kappa shape index (κ1) is 19.2. The van der Waals surface area contributed by atoms with Gasteiger partial charge in [0, 0.05) is 38.0 Å². The highest BCUT2D eigenvalue weighted by atomic mass is 16.5. The third kappa shape index (κ3) is 3.93. The number of hydrogen-bond acceptors (Lipinski definition) is 6. The first-order valence-corrected chi connectivity index (χ1v) is 9.22. The molecule has 0 unspecified atom stereocenters. The van der Waals surface area contributed by atoms with Crippen molar-refractivity contribution in [3.05, 3.63) is 45.1 Å². The van der Waals surface area contributed by atoms with Crippen LogP contribution < -0.4 is 19.8 Å². The summed E-state index contributed by atoms with van der Waals surface area (Å²) < 4.78 is 16.4. The van der Waals surface area contributed by atoms with E-state index in [1.165, 1.54) is 0 Å². The number of fused-ring (bicyclic) bond motifs is 1. The maximum atomic E-state index is 12.5. The van der Waals surface area contributed by atoms with Crippen molar-refractivity contribution in [2.24, 2.45) is 0 Å². The van der Waals surface area contributed by atoms with Gasteiger partial charge in [-0.2, -0.15) is 0 Å². The van der Waals surface area contributed by atoms with E-state index < -0.39 is 0 Å². The molecule has 1 aromatic carbocycles. The van der Waals surface area contributed by atoms with E-state index >= 15 is 0 Å². The smallest absolute Gasteiger partial charge is 0.255 e. The average Bonchev–Trinajstić information content (AvgIpc) is 2.68. The summed E-state index contributed by atoms with van der Waals surface area (Å²) in [4.78, 5) is 22.3. The van der Waals surface area contributed by atoms with Gasteiger partial charge in [0.15, 0.2) is 11.5 Å². The molecule has 0 amide bonds. The normalized spacial score (nSPS) is 13.9. The van der Waals surface area contributed by atoms with Crippen molar-refractivity contribution < 1.29 is 14.2 Å². The minimum Gasteiger partial charge on any atom is -0.493 e. The van der Waals surface area contributed by atoms with Gasteiger partial charge in [-0.1, -0.05) is 13.0 Å². The van der Waals surface area contributed by atoms with Gasteiger partial charge in [-0.3, -0.25) is 9.69 Å². The lowest BCUT2D eigenvalue weighted by molar-refractivity contribution is 0.235. The van der Waals surface area contributed by atoms with Crippen molar-refractivity contribution in [3.8, 4) is 17.2 Å². The number of aromatic amines is 1. The molecule has 3 rings (SSSR count). The third-order valence-electron chi connectivity index (χ3n) is 4.86. The van der Waals surface area contributed by atoms with Crippen molar-refractivity contribution in [2.45, 2.75) is 39.3 Å². The van der Waals surface area contributed by atoms with Crippen LogP contribution in [-0.2, 0) is 25.9 Å². The molecule has 146 valence electrons. The van der Waals surface area contributed by atoms with Crippen LogP contribution in [0.15, 0.2) is 16.9 Å². The summed E-state index contributed by atoms with van der Waals surface area (Å²) in [6, 6.07) is 3.85. The Bertz CT molecular complexity index is 863. The molecule has 2 aromatic rings. The van der Waals surface area contributed by atoms with Crippen molar-refractivity contribution in [2.75, 3.05) is 27.9 Å². The Balaban J connectivity index is 1.84. The van der Waals surface area contributed by atoms with Gasteiger partial charge >= 0.3 is 0 Å². The molecule has 0 saturated heterocycles. The van der Waals surface area contributed by atoms with E-state index in [0.717, 1.165) is 48.5 Å². The van der Waals surface area contributed by atoms with Crippen LogP contribution in [0.25, 0.3) is 0 Å². The van der Waals surface area contributed by atoms with Crippen LogP contribution in [0.4, 0.5) is 0 Å². The molecule has 1 aliphatic heterocycles. The molecule has 0 radical (unpaired) electrons. The van der Waals surface area contributed by atoms with E-state index in [0.29, 0.717) is 30.3 Å².